The Morgan fingerprint density at radius 2 is 1.83 bits per heavy atom. The fourth-order valence-corrected chi connectivity index (χ4v) is 2.63. The van der Waals surface area contributed by atoms with E-state index in [1.165, 1.54) is 0 Å². The summed E-state index contributed by atoms with van der Waals surface area (Å²) in [5.74, 6) is 0.278. The summed E-state index contributed by atoms with van der Waals surface area (Å²) in [6, 6.07) is 15.0. The molecule has 0 aliphatic rings. The molecule has 0 radical (unpaired) electrons. The van der Waals surface area contributed by atoms with Gasteiger partial charge in [-0.25, -0.2) is 0 Å². The third-order valence-electron chi connectivity index (χ3n) is 3.37. The first-order chi connectivity index (χ1) is 11.6. The number of carbonyl (C=O) groups excluding carboxylic acids is 2. The van der Waals surface area contributed by atoms with Gasteiger partial charge in [0.25, 0.3) is 0 Å². The van der Waals surface area contributed by atoms with Crippen LogP contribution in [0.1, 0.15) is 11.1 Å². The highest BCUT2D eigenvalue weighted by atomic mass is 79.9. The quantitative estimate of drug-likeness (QED) is 0.762. The number of para-hydroxylation sites is 1. The number of benzene rings is 2. The predicted octanol–water partition coefficient (Wildman–Crippen LogP) is 2.43. The van der Waals surface area contributed by atoms with E-state index in [4.69, 9.17) is 4.74 Å². The lowest BCUT2D eigenvalue weighted by Gasteiger charge is -2.10. The number of halogens is 1. The molecule has 2 aromatic carbocycles. The molecule has 0 aliphatic heterocycles. The van der Waals surface area contributed by atoms with Crippen molar-refractivity contribution in [2.24, 2.45) is 0 Å². The van der Waals surface area contributed by atoms with Gasteiger partial charge in [-0.2, -0.15) is 0 Å². The maximum absolute atomic E-state index is 11.9. The summed E-state index contributed by atoms with van der Waals surface area (Å²) in [4.78, 5) is 23.7. The maximum Gasteiger partial charge on any atom is 0.239 e. The van der Waals surface area contributed by atoms with Gasteiger partial charge in [-0.3, -0.25) is 9.59 Å². The average Bonchev–Trinajstić information content (AvgIpc) is 2.58. The maximum atomic E-state index is 11.9. The lowest BCUT2D eigenvalue weighted by molar-refractivity contribution is -0.125. The zero-order chi connectivity index (χ0) is 17.4. The Hall–Kier alpha value is -2.34. The van der Waals surface area contributed by atoms with E-state index in [0.29, 0.717) is 6.54 Å². The van der Waals surface area contributed by atoms with Gasteiger partial charge < -0.3 is 15.4 Å². The monoisotopic (exact) mass is 390 g/mol. The first kappa shape index (κ1) is 18.0. The van der Waals surface area contributed by atoms with Crippen molar-refractivity contribution in [3.63, 3.8) is 0 Å². The highest BCUT2D eigenvalue weighted by Crippen LogP contribution is 2.16. The Balaban J connectivity index is 1.75. The number of rotatable bonds is 7. The standard InChI is InChI=1S/C18H19BrN2O3/c1-24-16-8-3-2-6-14(16)11-20-18(23)12-21-17(22)10-13-5-4-7-15(19)9-13/h2-9H,10-12H2,1H3,(H,20,23)(H,21,22). The van der Waals surface area contributed by atoms with Crippen LogP contribution in [0.15, 0.2) is 53.0 Å². The lowest BCUT2D eigenvalue weighted by atomic mass is 10.1. The molecule has 2 rings (SSSR count). The number of methoxy groups -OCH3 is 1. The van der Waals surface area contributed by atoms with Crippen molar-refractivity contribution in [3.05, 3.63) is 64.1 Å². The topological polar surface area (TPSA) is 67.4 Å². The summed E-state index contributed by atoms with van der Waals surface area (Å²) >= 11 is 3.36. The molecule has 2 aromatic rings. The minimum absolute atomic E-state index is 0.0536. The fraction of sp³-hybridized carbons (Fsp3) is 0.222. The fourth-order valence-electron chi connectivity index (χ4n) is 2.18. The van der Waals surface area contributed by atoms with Crippen LogP contribution < -0.4 is 15.4 Å². The second-order valence-electron chi connectivity index (χ2n) is 5.17. The van der Waals surface area contributed by atoms with E-state index in [1.54, 1.807) is 7.11 Å². The van der Waals surface area contributed by atoms with Crippen molar-refractivity contribution in [2.75, 3.05) is 13.7 Å². The Labute approximate surface area is 149 Å². The summed E-state index contributed by atoms with van der Waals surface area (Å²) in [5, 5.41) is 5.38. The Morgan fingerprint density at radius 3 is 2.58 bits per heavy atom. The van der Waals surface area contributed by atoms with E-state index < -0.39 is 0 Å². The van der Waals surface area contributed by atoms with Gasteiger partial charge in [0.15, 0.2) is 0 Å². The van der Waals surface area contributed by atoms with E-state index >= 15 is 0 Å². The third kappa shape index (κ3) is 5.70. The van der Waals surface area contributed by atoms with E-state index in [0.717, 1.165) is 21.3 Å². The van der Waals surface area contributed by atoms with Crippen LogP contribution >= 0.6 is 15.9 Å². The average molecular weight is 391 g/mol. The molecule has 0 atom stereocenters. The highest BCUT2D eigenvalue weighted by molar-refractivity contribution is 9.10. The summed E-state index contributed by atoms with van der Waals surface area (Å²) in [6.07, 6.45) is 0.235. The van der Waals surface area contributed by atoms with Crippen molar-refractivity contribution in [2.45, 2.75) is 13.0 Å². The minimum Gasteiger partial charge on any atom is -0.496 e. The highest BCUT2D eigenvalue weighted by Gasteiger charge is 2.08. The molecule has 0 aliphatic carbocycles. The van der Waals surface area contributed by atoms with Gasteiger partial charge in [0, 0.05) is 16.6 Å². The molecule has 0 bridgehead atoms. The molecule has 0 spiro atoms. The molecule has 2 amide bonds. The number of ether oxygens (including phenoxy) is 1. The number of nitrogens with one attached hydrogen (secondary N) is 2. The zero-order valence-corrected chi connectivity index (χ0v) is 14.9. The first-order valence-electron chi connectivity index (χ1n) is 7.48. The molecule has 24 heavy (non-hydrogen) atoms. The number of hydrogen-bond donors (Lipinski definition) is 2. The second kappa shape index (κ2) is 9.08. The van der Waals surface area contributed by atoms with Crippen LogP contribution in [0.25, 0.3) is 0 Å². The second-order valence-corrected chi connectivity index (χ2v) is 6.09. The summed E-state index contributed by atoms with van der Waals surface area (Å²) in [5.41, 5.74) is 1.77. The minimum atomic E-state index is -0.247. The predicted molar refractivity (Wildman–Crippen MR) is 95.7 cm³/mol. The third-order valence-corrected chi connectivity index (χ3v) is 3.86. The van der Waals surface area contributed by atoms with E-state index in [-0.39, 0.29) is 24.8 Å². The van der Waals surface area contributed by atoms with Gasteiger partial charge in [0.1, 0.15) is 5.75 Å². The Kier molecular flexibility index (Phi) is 6.81. The molecule has 0 heterocycles. The normalized spacial score (nSPS) is 10.1. The number of amides is 2. The van der Waals surface area contributed by atoms with Crippen LogP contribution in [-0.4, -0.2) is 25.5 Å². The van der Waals surface area contributed by atoms with Crippen molar-refractivity contribution < 1.29 is 14.3 Å². The van der Waals surface area contributed by atoms with Crippen LogP contribution in [0.4, 0.5) is 0 Å². The summed E-state index contributed by atoms with van der Waals surface area (Å²) < 4.78 is 6.15. The molecule has 0 aromatic heterocycles. The van der Waals surface area contributed by atoms with Crippen LogP contribution in [0.5, 0.6) is 5.75 Å². The number of carbonyl (C=O) groups is 2. The molecule has 0 unspecified atom stereocenters. The molecule has 0 fully saturated rings. The van der Waals surface area contributed by atoms with Crippen molar-refractivity contribution >= 4 is 27.7 Å². The van der Waals surface area contributed by atoms with Crippen LogP contribution in [0.2, 0.25) is 0 Å². The molecule has 2 N–H and O–H groups in total. The summed E-state index contributed by atoms with van der Waals surface area (Å²) in [7, 11) is 1.59. The van der Waals surface area contributed by atoms with Gasteiger partial charge >= 0.3 is 0 Å². The molecule has 0 saturated heterocycles. The molecular formula is C18H19BrN2O3. The molecular weight excluding hydrogens is 372 g/mol. The van der Waals surface area contributed by atoms with Crippen molar-refractivity contribution in [1.29, 1.82) is 0 Å². The number of hydrogen-bond acceptors (Lipinski definition) is 3. The van der Waals surface area contributed by atoms with Crippen LogP contribution in [-0.2, 0) is 22.6 Å². The SMILES string of the molecule is COc1ccccc1CNC(=O)CNC(=O)Cc1cccc(Br)c1. The van der Waals surface area contributed by atoms with E-state index in [1.807, 2.05) is 48.5 Å². The Morgan fingerprint density at radius 1 is 1.04 bits per heavy atom. The van der Waals surface area contributed by atoms with Crippen LogP contribution in [0, 0.1) is 0 Å². The Bertz CT molecular complexity index is 719. The largest absolute Gasteiger partial charge is 0.496 e. The smallest absolute Gasteiger partial charge is 0.239 e. The molecule has 0 saturated carbocycles. The van der Waals surface area contributed by atoms with Gasteiger partial charge in [-0.05, 0) is 23.8 Å². The van der Waals surface area contributed by atoms with E-state index in [2.05, 4.69) is 26.6 Å². The van der Waals surface area contributed by atoms with Gasteiger partial charge in [0.05, 0.1) is 20.1 Å². The molecule has 126 valence electrons. The molecule has 6 heteroatoms. The van der Waals surface area contributed by atoms with E-state index in [9.17, 15) is 9.59 Å². The van der Waals surface area contributed by atoms with Gasteiger partial charge in [-0.15, -0.1) is 0 Å². The zero-order valence-electron chi connectivity index (χ0n) is 13.3. The van der Waals surface area contributed by atoms with Crippen molar-refractivity contribution in [1.82, 2.24) is 10.6 Å². The summed E-state index contributed by atoms with van der Waals surface area (Å²) in [6.45, 7) is 0.298. The lowest BCUT2D eigenvalue weighted by Crippen LogP contribution is -2.37. The molecule has 5 nitrogen and oxygen atoms in total. The van der Waals surface area contributed by atoms with Gasteiger partial charge in [-0.1, -0.05) is 46.3 Å². The van der Waals surface area contributed by atoms with Gasteiger partial charge in [0.2, 0.25) is 11.8 Å². The van der Waals surface area contributed by atoms with Crippen LogP contribution in [0.3, 0.4) is 0 Å². The first-order valence-corrected chi connectivity index (χ1v) is 8.27. The van der Waals surface area contributed by atoms with Crippen molar-refractivity contribution in [3.8, 4) is 5.75 Å².